The van der Waals surface area contributed by atoms with E-state index in [1.807, 2.05) is 0 Å². The van der Waals surface area contributed by atoms with Gasteiger partial charge in [-0.05, 0) is 19.1 Å². The van der Waals surface area contributed by atoms with Gasteiger partial charge in [-0.2, -0.15) is 4.57 Å². The first-order valence-electron chi connectivity index (χ1n) is 4.96. The summed E-state index contributed by atoms with van der Waals surface area (Å²) in [6.07, 6.45) is 2.13. The summed E-state index contributed by atoms with van der Waals surface area (Å²) in [5, 5.41) is 1.26. The number of aromatic nitrogens is 1. The lowest BCUT2D eigenvalue weighted by Crippen LogP contribution is -2.33. The molecule has 0 unspecified atom stereocenters. The van der Waals surface area contributed by atoms with Crippen LogP contribution < -0.4 is 10.3 Å². The van der Waals surface area contributed by atoms with E-state index >= 15 is 0 Å². The summed E-state index contributed by atoms with van der Waals surface area (Å²) in [5.41, 5.74) is 8.11. The highest BCUT2D eigenvalue weighted by Crippen LogP contribution is 2.10. The molecule has 0 fully saturated rings. The lowest BCUT2D eigenvalue weighted by atomic mass is 10.1. The van der Waals surface area contributed by atoms with Crippen LogP contribution in [0.1, 0.15) is 12.5 Å². The molecule has 2 rings (SSSR count). The summed E-state index contributed by atoms with van der Waals surface area (Å²) >= 11 is 0. The molecule has 72 valence electrons. The van der Waals surface area contributed by atoms with Gasteiger partial charge in [0.05, 0.1) is 0 Å². The maximum atomic E-state index is 5.65. The number of benzene rings is 1. The average molecular weight is 187 g/mol. The highest BCUT2D eigenvalue weighted by Gasteiger charge is 2.07. The Labute approximate surface area is 84.0 Å². The SMILES string of the molecule is CC[n+]1cc(CN)cc2ccccc21. The number of nitrogens with two attached hydrogens (primary N) is 1. The summed E-state index contributed by atoms with van der Waals surface area (Å²) in [7, 11) is 0. The third kappa shape index (κ3) is 1.49. The Balaban J connectivity index is 2.73. The van der Waals surface area contributed by atoms with Crippen molar-refractivity contribution in [2.75, 3.05) is 0 Å². The fraction of sp³-hybridized carbons (Fsp3) is 0.250. The molecule has 2 N–H and O–H groups in total. The molecule has 1 heterocycles. The van der Waals surface area contributed by atoms with Gasteiger partial charge >= 0.3 is 0 Å². The molecule has 1 aromatic carbocycles. The second-order valence-electron chi connectivity index (χ2n) is 3.40. The van der Waals surface area contributed by atoms with Crippen molar-refractivity contribution >= 4 is 10.9 Å². The van der Waals surface area contributed by atoms with E-state index in [2.05, 4.69) is 48.0 Å². The van der Waals surface area contributed by atoms with Gasteiger partial charge in [0.1, 0.15) is 6.54 Å². The molecule has 0 amide bonds. The standard InChI is InChI=1S/C12H15N2/c1-2-14-9-10(8-13)7-11-5-3-4-6-12(11)14/h3-7,9H,2,8,13H2,1H3/q+1. The topological polar surface area (TPSA) is 29.9 Å². The number of pyridine rings is 1. The van der Waals surface area contributed by atoms with Gasteiger partial charge in [0.15, 0.2) is 6.20 Å². The zero-order valence-electron chi connectivity index (χ0n) is 8.40. The van der Waals surface area contributed by atoms with Gasteiger partial charge in [-0.3, -0.25) is 0 Å². The molecule has 0 aliphatic rings. The Kier molecular flexibility index (Phi) is 2.46. The minimum absolute atomic E-state index is 0.602. The van der Waals surface area contributed by atoms with Gasteiger partial charge in [-0.25, -0.2) is 0 Å². The van der Waals surface area contributed by atoms with Crippen LogP contribution in [0.25, 0.3) is 10.9 Å². The fourth-order valence-corrected chi connectivity index (χ4v) is 1.75. The zero-order chi connectivity index (χ0) is 9.97. The van der Waals surface area contributed by atoms with Crippen LogP contribution in [0.3, 0.4) is 0 Å². The molecular weight excluding hydrogens is 172 g/mol. The van der Waals surface area contributed by atoms with Crippen molar-refractivity contribution in [3.8, 4) is 0 Å². The van der Waals surface area contributed by atoms with Gasteiger partial charge in [0.2, 0.25) is 5.52 Å². The maximum absolute atomic E-state index is 5.65. The van der Waals surface area contributed by atoms with Crippen LogP contribution in [-0.4, -0.2) is 0 Å². The summed E-state index contributed by atoms with van der Waals surface area (Å²) in [6, 6.07) is 10.5. The average Bonchev–Trinajstić information content (AvgIpc) is 2.27. The van der Waals surface area contributed by atoms with Crippen LogP contribution in [-0.2, 0) is 13.1 Å². The number of para-hydroxylation sites is 1. The molecule has 2 aromatic rings. The Hall–Kier alpha value is -1.41. The summed E-state index contributed by atoms with van der Waals surface area (Å²) in [4.78, 5) is 0. The largest absolute Gasteiger partial charge is 0.326 e. The van der Waals surface area contributed by atoms with Gasteiger partial charge < -0.3 is 5.73 Å². The van der Waals surface area contributed by atoms with Gasteiger partial charge in [0.25, 0.3) is 0 Å². The Bertz CT molecular complexity index is 449. The summed E-state index contributed by atoms with van der Waals surface area (Å²) < 4.78 is 2.23. The van der Waals surface area contributed by atoms with Gasteiger partial charge in [0, 0.05) is 23.6 Å². The Morgan fingerprint density at radius 1 is 1.29 bits per heavy atom. The minimum atomic E-state index is 0.602. The predicted molar refractivity (Wildman–Crippen MR) is 57.7 cm³/mol. The summed E-state index contributed by atoms with van der Waals surface area (Å²) in [6.45, 7) is 3.73. The molecule has 2 nitrogen and oxygen atoms in total. The number of nitrogens with zero attached hydrogens (tertiary/aromatic N) is 1. The number of fused-ring (bicyclic) bond motifs is 1. The minimum Gasteiger partial charge on any atom is -0.326 e. The number of aryl methyl sites for hydroxylation is 1. The second kappa shape index (κ2) is 3.76. The first-order valence-corrected chi connectivity index (χ1v) is 4.96. The lowest BCUT2D eigenvalue weighted by Gasteiger charge is -2.01. The predicted octanol–water partition coefficient (Wildman–Crippen LogP) is 1.61. The van der Waals surface area contributed by atoms with Gasteiger partial charge in [-0.15, -0.1) is 0 Å². The van der Waals surface area contributed by atoms with E-state index in [9.17, 15) is 0 Å². The van der Waals surface area contributed by atoms with Crippen molar-refractivity contribution in [3.63, 3.8) is 0 Å². The molecule has 14 heavy (non-hydrogen) atoms. The van der Waals surface area contributed by atoms with E-state index in [-0.39, 0.29) is 0 Å². The van der Waals surface area contributed by atoms with Crippen molar-refractivity contribution < 1.29 is 4.57 Å². The molecule has 0 spiro atoms. The van der Waals surface area contributed by atoms with Crippen molar-refractivity contribution in [2.24, 2.45) is 5.73 Å². The number of hydrogen-bond acceptors (Lipinski definition) is 1. The lowest BCUT2D eigenvalue weighted by molar-refractivity contribution is -0.668. The quantitative estimate of drug-likeness (QED) is 0.711. The fourth-order valence-electron chi connectivity index (χ4n) is 1.75. The van der Waals surface area contributed by atoms with E-state index in [4.69, 9.17) is 5.73 Å². The van der Waals surface area contributed by atoms with Crippen LogP contribution in [0.5, 0.6) is 0 Å². The van der Waals surface area contributed by atoms with Crippen LogP contribution in [0.4, 0.5) is 0 Å². The number of rotatable bonds is 2. The van der Waals surface area contributed by atoms with E-state index in [0.717, 1.165) is 6.54 Å². The maximum Gasteiger partial charge on any atom is 0.212 e. The monoisotopic (exact) mass is 187 g/mol. The third-order valence-corrected chi connectivity index (χ3v) is 2.49. The first kappa shape index (κ1) is 9.16. The first-order chi connectivity index (χ1) is 6.85. The molecule has 0 radical (unpaired) electrons. The zero-order valence-corrected chi connectivity index (χ0v) is 8.40. The molecular formula is C12H15N2+. The number of hydrogen-bond donors (Lipinski definition) is 1. The van der Waals surface area contributed by atoms with E-state index < -0.39 is 0 Å². The molecule has 0 saturated carbocycles. The molecule has 0 bridgehead atoms. The molecule has 0 aliphatic heterocycles. The smallest absolute Gasteiger partial charge is 0.212 e. The van der Waals surface area contributed by atoms with Gasteiger partial charge in [-0.1, -0.05) is 12.1 Å². The Morgan fingerprint density at radius 3 is 2.79 bits per heavy atom. The third-order valence-electron chi connectivity index (χ3n) is 2.49. The molecule has 1 aromatic heterocycles. The van der Waals surface area contributed by atoms with Crippen molar-refractivity contribution in [3.05, 3.63) is 42.1 Å². The summed E-state index contributed by atoms with van der Waals surface area (Å²) in [5.74, 6) is 0. The van der Waals surface area contributed by atoms with Crippen molar-refractivity contribution in [2.45, 2.75) is 20.0 Å². The molecule has 2 heteroatoms. The van der Waals surface area contributed by atoms with Crippen LogP contribution in [0.2, 0.25) is 0 Å². The molecule has 0 saturated heterocycles. The second-order valence-corrected chi connectivity index (χ2v) is 3.40. The normalized spacial score (nSPS) is 10.7. The van der Waals surface area contributed by atoms with E-state index in [0.29, 0.717) is 6.54 Å². The van der Waals surface area contributed by atoms with E-state index in [1.54, 1.807) is 0 Å². The van der Waals surface area contributed by atoms with Crippen LogP contribution >= 0.6 is 0 Å². The highest BCUT2D eigenvalue weighted by molar-refractivity contribution is 5.75. The van der Waals surface area contributed by atoms with Crippen LogP contribution in [0, 0.1) is 0 Å². The molecule has 0 aliphatic carbocycles. The molecule has 0 atom stereocenters. The van der Waals surface area contributed by atoms with Crippen molar-refractivity contribution in [1.82, 2.24) is 0 Å². The highest BCUT2D eigenvalue weighted by atomic mass is 14.9. The van der Waals surface area contributed by atoms with Crippen molar-refractivity contribution in [1.29, 1.82) is 0 Å². The Morgan fingerprint density at radius 2 is 2.07 bits per heavy atom. The van der Waals surface area contributed by atoms with Crippen LogP contribution in [0.15, 0.2) is 36.5 Å². The van der Waals surface area contributed by atoms with E-state index in [1.165, 1.54) is 16.5 Å².